The molecule has 0 spiro atoms. The number of nitro groups is 1. The number of hydrogen-bond acceptors (Lipinski definition) is 2. The third kappa shape index (κ3) is 1.54. The minimum Gasteiger partial charge on any atom is -0.303 e. The molecule has 1 aliphatic rings. The van der Waals surface area contributed by atoms with Gasteiger partial charge in [-0.3, -0.25) is 10.1 Å². The zero-order chi connectivity index (χ0) is 7.56. The van der Waals surface area contributed by atoms with Gasteiger partial charge < -0.3 is 4.90 Å². The average molecular weight is 143 g/mol. The van der Waals surface area contributed by atoms with E-state index >= 15 is 0 Å². The summed E-state index contributed by atoms with van der Waals surface area (Å²) in [6, 6.07) is 0. The molecule has 0 aliphatic carbocycles. The molecule has 0 bridgehead atoms. The van der Waals surface area contributed by atoms with Crippen molar-refractivity contribution in [3.05, 3.63) is 22.0 Å². The number of allylic oxidation sites excluding steroid dienone is 1. The molecular weight excluding hydrogens is 132 g/mol. The normalized spacial score (nSPS) is 29.3. The van der Waals surface area contributed by atoms with E-state index in [0.29, 0.717) is 0 Å². The number of rotatable bonds is 1. The second-order valence-corrected chi connectivity index (χ2v) is 2.57. The molecule has 1 fully saturated rings. The van der Waals surface area contributed by atoms with Crippen LogP contribution in [0, 0.1) is 10.1 Å². The van der Waals surface area contributed by atoms with Crippen LogP contribution in [0.2, 0.25) is 0 Å². The van der Waals surface area contributed by atoms with Gasteiger partial charge >= 0.3 is 0 Å². The summed E-state index contributed by atoms with van der Waals surface area (Å²) in [5.74, 6) is 0. The van der Waals surface area contributed by atoms with Crippen LogP contribution in [0.4, 0.5) is 0 Å². The first-order chi connectivity index (χ1) is 4.70. The summed E-state index contributed by atoms with van der Waals surface area (Å²) in [6.45, 7) is 1.03. The lowest BCUT2D eigenvalue weighted by Crippen LogP contribution is -3.04. The first kappa shape index (κ1) is 7.21. The molecule has 1 N–H and O–H groups in total. The highest BCUT2D eigenvalue weighted by Gasteiger charge is 2.20. The molecule has 1 aliphatic heterocycles. The summed E-state index contributed by atoms with van der Waals surface area (Å²) in [4.78, 5) is 10.8. The molecule has 0 aromatic rings. The quantitative estimate of drug-likeness (QED) is 0.394. The molecule has 4 nitrogen and oxygen atoms in total. The Balaban J connectivity index is 2.62. The predicted molar refractivity (Wildman–Crippen MR) is 36.1 cm³/mol. The number of likely N-dealkylation sites (tertiary alicyclic amines) is 1. The smallest absolute Gasteiger partial charge is 0.290 e. The number of hydrogen-bond donors (Lipinski definition) is 1. The average Bonchev–Trinajstić information content (AvgIpc) is 2.15. The molecule has 0 saturated carbocycles. The van der Waals surface area contributed by atoms with Gasteiger partial charge in [0.25, 0.3) is 6.20 Å². The van der Waals surface area contributed by atoms with Gasteiger partial charge in [-0.1, -0.05) is 0 Å². The summed E-state index contributed by atoms with van der Waals surface area (Å²) in [5.41, 5.74) is 0.921. The largest absolute Gasteiger partial charge is 0.303 e. The third-order valence-corrected chi connectivity index (χ3v) is 1.81. The van der Waals surface area contributed by atoms with Crippen molar-refractivity contribution < 1.29 is 9.82 Å². The maximum Gasteiger partial charge on any atom is 0.290 e. The molecule has 1 unspecified atom stereocenters. The maximum absolute atomic E-state index is 10.0. The molecule has 1 saturated heterocycles. The van der Waals surface area contributed by atoms with Crippen molar-refractivity contribution in [3.63, 3.8) is 0 Å². The van der Waals surface area contributed by atoms with Crippen LogP contribution < -0.4 is 4.90 Å². The van der Waals surface area contributed by atoms with E-state index in [1.54, 1.807) is 0 Å². The van der Waals surface area contributed by atoms with E-state index in [1.165, 1.54) is 4.90 Å². The topological polar surface area (TPSA) is 47.6 Å². The summed E-state index contributed by atoms with van der Waals surface area (Å²) in [5, 5.41) is 10.0. The molecule has 0 aromatic carbocycles. The Labute approximate surface area is 59.3 Å². The zero-order valence-electron chi connectivity index (χ0n) is 5.96. The van der Waals surface area contributed by atoms with Crippen LogP contribution in [0.15, 0.2) is 11.9 Å². The number of nitrogens with one attached hydrogen (secondary N) is 1. The van der Waals surface area contributed by atoms with Gasteiger partial charge in [0, 0.05) is 12.8 Å². The Morgan fingerprint density at radius 1 is 1.80 bits per heavy atom. The molecule has 4 heteroatoms. The fourth-order valence-corrected chi connectivity index (χ4v) is 1.22. The lowest BCUT2D eigenvalue weighted by Gasteiger charge is -2.01. The second-order valence-electron chi connectivity index (χ2n) is 2.57. The second kappa shape index (κ2) is 2.79. The highest BCUT2D eigenvalue weighted by molar-refractivity contribution is 4.87. The van der Waals surface area contributed by atoms with Crippen molar-refractivity contribution >= 4 is 0 Å². The molecule has 0 aromatic heterocycles. The SMILES string of the molecule is C[NH+]1CCC/C1=C\[N+](=O)[O-]. The summed E-state index contributed by atoms with van der Waals surface area (Å²) >= 11 is 0. The lowest BCUT2D eigenvalue weighted by atomic mass is 10.3. The fraction of sp³-hybridized carbons (Fsp3) is 0.667. The molecule has 1 atom stereocenters. The Morgan fingerprint density at radius 2 is 2.50 bits per heavy atom. The summed E-state index contributed by atoms with van der Waals surface area (Å²) in [7, 11) is 1.96. The highest BCUT2D eigenvalue weighted by Crippen LogP contribution is 2.01. The third-order valence-electron chi connectivity index (χ3n) is 1.81. The number of nitrogens with zero attached hydrogens (tertiary/aromatic N) is 1. The van der Waals surface area contributed by atoms with Gasteiger partial charge in [0.2, 0.25) is 0 Å². The van der Waals surface area contributed by atoms with Crippen molar-refractivity contribution in [1.82, 2.24) is 0 Å². The molecule has 1 heterocycles. The van der Waals surface area contributed by atoms with E-state index in [0.717, 1.165) is 31.3 Å². The van der Waals surface area contributed by atoms with Crippen LogP contribution >= 0.6 is 0 Å². The minimum absolute atomic E-state index is 0.371. The molecular formula is C6H11N2O2+. The van der Waals surface area contributed by atoms with Crippen molar-refractivity contribution in [1.29, 1.82) is 0 Å². The molecule has 10 heavy (non-hydrogen) atoms. The van der Waals surface area contributed by atoms with Crippen LogP contribution in [-0.4, -0.2) is 18.5 Å². The van der Waals surface area contributed by atoms with E-state index in [1.807, 2.05) is 7.05 Å². The van der Waals surface area contributed by atoms with Crippen molar-refractivity contribution in [2.75, 3.05) is 13.6 Å². The summed E-state index contributed by atoms with van der Waals surface area (Å²) < 4.78 is 0. The van der Waals surface area contributed by atoms with Crippen molar-refractivity contribution in [2.45, 2.75) is 12.8 Å². The first-order valence-electron chi connectivity index (χ1n) is 3.37. The van der Waals surface area contributed by atoms with Crippen LogP contribution in [0.1, 0.15) is 12.8 Å². The van der Waals surface area contributed by atoms with Crippen LogP contribution in [-0.2, 0) is 0 Å². The van der Waals surface area contributed by atoms with Crippen LogP contribution in [0.5, 0.6) is 0 Å². The van der Waals surface area contributed by atoms with Gasteiger partial charge in [-0.15, -0.1) is 0 Å². The molecule has 0 amide bonds. The van der Waals surface area contributed by atoms with Crippen LogP contribution in [0.3, 0.4) is 0 Å². The van der Waals surface area contributed by atoms with E-state index in [9.17, 15) is 10.1 Å². The van der Waals surface area contributed by atoms with E-state index < -0.39 is 0 Å². The molecule has 0 radical (unpaired) electrons. The molecule has 1 rings (SSSR count). The van der Waals surface area contributed by atoms with E-state index in [4.69, 9.17) is 0 Å². The predicted octanol–water partition coefficient (Wildman–Crippen LogP) is -0.587. The van der Waals surface area contributed by atoms with Gasteiger partial charge in [-0.05, 0) is 0 Å². The van der Waals surface area contributed by atoms with Gasteiger partial charge in [0.1, 0.15) is 0 Å². The maximum atomic E-state index is 10.0. The molecule has 56 valence electrons. The van der Waals surface area contributed by atoms with Crippen molar-refractivity contribution in [2.24, 2.45) is 0 Å². The van der Waals surface area contributed by atoms with E-state index in [2.05, 4.69) is 0 Å². The summed E-state index contributed by atoms with van der Waals surface area (Å²) in [6.07, 6.45) is 3.08. The monoisotopic (exact) mass is 143 g/mol. The van der Waals surface area contributed by atoms with Gasteiger partial charge in [-0.2, -0.15) is 0 Å². The van der Waals surface area contributed by atoms with Gasteiger partial charge in [-0.25, -0.2) is 0 Å². The van der Waals surface area contributed by atoms with Gasteiger partial charge in [0.05, 0.1) is 18.5 Å². The number of quaternary nitrogens is 1. The minimum atomic E-state index is -0.371. The Hall–Kier alpha value is -0.900. The lowest BCUT2D eigenvalue weighted by molar-refractivity contribution is -0.830. The fourth-order valence-electron chi connectivity index (χ4n) is 1.22. The Morgan fingerprint density at radius 3 is 2.90 bits per heavy atom. The zero-order valence-corrected chi connectivity index (χ0v) is 5.96. The highest BCUT2D eigenvalue weighted by atomic mass is 16.6. The Bertz CT molecular complexity index is 177. The van der Waals surface area contributed by atoms with Gasteiger partial charge in [0.15, 0.2) is 5.70 Å². The first-order valence-corrected chi connectivity index (χ1v) is 3.37. The Kier molecular flexibility index (Phi) is 2.01. The van der Waals surface area contributed by atoms with Crippen LogP contribution in [0.25, 0.3) is 0 Å². The standard InChI is InChI=1S/C6H10N2O2/c1-7-4-2-3-6(7)5-8(9)10/h5H,2-4H2,1H3/p+1/b6-5+. The van der Waals surface area contributed by atoms with E-state index in [-0.39, 0.29) is 4.92 Å². The van der Waals surface area contributed by atoms with Crippen molar-refractivity contribution in [3.8, 4) is 0 Å².